The maximum atomic E-state index is 10.6. The summed E-state index contributed by atoms with van der Waals surface area (Å²) in [7, 11) is 1.93. The summed E-state index contributed by atoms with van der Waals surface area (Å²) in [6.45, 7) is 2.01. The Balaban J connectivity index is 1.97. The summed E-state index contributed by atoms with van der Waals surface area (Å²) in [5.41, 5.74) is 4.04. The zero-order chi connectivity index (χ0) is 15.0. The first-order chi connectivity index (χ1) is 10.1. The Morgan fingerprint density at radius 3 is 2.76 bits per heavy atom. The molecular weight excluding hydrogens is 328 g/mol. The van der Waals surface area contributed by atoms with E-state index < -0.39 is 6.10 Å². The molecule has 1 N–H and O–H groups in total. The van der Waals surface area contributed by atoms with Crippen LogP contribution in [0.1, 0.15) is 22.9 Å². The lowest BCUT2D eigenvalue weighted by Gasteiger charge is -2.13. The van der Waals surface area contributed by atoms with Crippen LogP contribution < -0.4 is 0 Å². The lowest BCUT2D eigenvalue weighted by Crippen LogP contribution is -2.05. The molecule has 1 aromatic heterocycles. The van der Waals surface area contributed by atoms with E-state index >= 15 is 0 Å². The molecule has 3 nitrogen and oxygen atoms in total. The van der Waals surface area contributed by atoms with E-state index in [0.29, 0.717) is 6.42 Å². The third-order valence-corrected chi connectivity index (χ3v) is 4.75. The number of hydrogen-bond donors (Lipinski definition) is 1. The molecule has 108 valence electrons. The lowest BCUT2D eigenvalue weighted by molar-refractivity contribution is 0.176. The van der Waals surface area contributed by atoms with Crippen molar-refractivity contribution in [3.05, 3.63) is 63.8 Å². The number of aryl methyl sites for hydroxylation is 1. The van der Waals surface area contributed by atoms with Crippen molar-refractivity contribution in [2.75, 3.05) is 0 Å². The minimum Gasteiger partial charge on any atom is -0.388 e. The molecule has 0 aliphatic rings. The lowest BCUT2D eigenvalue weighted by atomic mass is 9.99. The van der Waals surface area contributed by atoms with Crippen molar-refractivity contribution in [3.8, 4) is 0 Å². The van der Waals surface area contributed by atoms with Gasteiger partial charge >= 0.3 is 0 Å². The Morgan fingerprint density at radius 1 is 1.19 bits per heavy atom. The van der Waals surface area contributed by atoms with E-state index in [0.717, 1.165) is 32.2 Å². The molecule has 21 heavy (non-hydrogen) atoms. The van der Waals surface area contributed by atoms with Gasteiger partial charge in [-0.2, -0.15) is 5.10 Å². The summed E-state index contributed by atoms with van der Waals surface area (Å²) in [5, 5.41) is 16.2. The normalized spacial score (nSPS) is 12.8. The summed E-state index contributed by atoms with van der Waals surface area (Å²) < 4.78 is 2.88. The van der Waals surface area contributed by atoms with Crippen molar-refractivity contribution >= 4 is 26.8 Å². The molecule has 0 saturated carbocycles. The predicted molar refractivity (Wildman–Crippen MR) is 88.3 cm³/mol. The van der Waals surface area contributed by atoms with Crippen LogP contribution in [0.3, 0.4) is 0 Å². The van der Waals surface area contributed by atoms with E-state index in [1.54, 1.807) is 0 Å². The Bertz CT molecular complexity index is 795. The Labute approximate surface area is 132 Å². The van der Waals surface area contributed by atoms with Crippen LogP contribution >= 0.6 is 15.9 Å². The number of hydrogen-bond acceptors (Lipinski definition) is 2. The highest BCUT2D eigenvalue weighted by Crippen LogP contribution is 2.28. The maximum absolute atomic E-state index is 10.6. The molecule has 0 aliphatic carbocycles. The fourth-order valence-electron chi connectivity index (χ4n) is 2.72. The number of aliphatic hydroxyl groups excluding tert-OH is 1. The summed E-state index contributed by atoms with van der Waals surface area (Å²) in [6, 6.07) is 14.0. The van der Waals surface area contributed by atoms with Crippen LogP contribution in [-0.4, -0.2) is 14.9 Å². The molecule has 2 aromatic carbocycles. The highest BCUT2D eigenvalue weighted by Gasteiger charge is 2.16. The molecular formula is C17H17BrN2O. The van der Waals surface area contributed by atoms with Gasteiger partial charge in [-0.05, 0) is 30.2 Å². The topological polar surface area (TPSA) is 38.1 Å². The van der Waals surface area contributed by atoms with E-state index in [4.69, 9.17) is 0 Å². The van der Waals surface area contributed by atoms with Gasteiger partial charge in [-0.15, -0.1) is 0 Å². The van der Waals surface area contributed by atoms with Gasteiger partial charge in [0.15, 0.2) is 0 Å². The van der Waals surface area contributed by atoms with Crippen LogP contribution in [-0.2, 0) is 13.5 Å². The fourth-order valence-corrected chi connectivity index (χ4v) is 3.10. The van der Waals surface area contributed by atoms with Gasteiger partial charge in [0.05, 0.1) is 17.3 Å². The molecule has 0 fully saturated rings. The van der Waals surface area contributed by atoms with E-state index in [-0.39, 0.29) is 0 Å². The maximum Gasteiger partial charge on any atom is 0.0849 e. The first-order valence-corrected chi connectivity index (χ1v) is 7.71. The molecule has 0 spiro atoms. The van der Waals surface area contributed by atoms with E-state index in [1.165, 1.54) is 0 Å². The summed E-state index contributed by atoms with van der Waals surface area (Å²) in [4.78, 5) is 0. The van der Waals surface area contributed by atoms with Crippen molar-refractivity contribution in [2.45, 2.75) is 19.4 Å². The van der Waals surface area contributed by atoms with Crippen molar-refractivity contribution in [2.24, 2.45) is 7.05 Å². The molecule has 3 aromatic rings. The number of benzene rings is 2. The molecule has 3 rings (SSSR count). The summed E-state index contributed by atoms with van der Waals surface area (Å²) in [6.07, 6.45) is -0.0423. The second-order valence-corrected chi connectivity index (χ2v) is 6.12. The Hall–Kier alpha value is -1.65. The van der Waals surface area contributed by atoms with E-state index in [9.17, 15) is 5.11 Å². The monoisotopic (exact) mass is 344 g/mol. The van der Waals surface area contributed by atoms with Gasteiger partial charge in [0.1, 0.15) is 0 Å². The third-order valence-electron chi connectivity index (χ3n) is 3.89. The van der Waals surface area contributed by atoms with Crippen LogP contribution in [0.15, 0.2) is 46.9 Å². The van der Waals surface area contributed by atoms with Gasteiger partial charge in [-0.25, -0.2) is 0 Å². The SMILES string of the molecule is Cc1c(Br)cccc1C(O)Cc1nn(C)c2ccccc12. The highest BCUT2D eigenvalue weighted by atomic mass is 79.9. The molecule has 0 aliphatic heterocycles. The molecule has 0 amide bonds. The van der Waals surface area contributed by atoms with Crippen molar-refractivity contribution < 1.29 is 5.11 Å². The standard InChI is InChI=1S/C17H17BrN2O/c1-11-12(7-5-8-14(11)18)17(21)10-15-13-6-3-4-9-16(13)20(2)19-15/h3-9,17,21H,10H2,1-2H3. The number of aliphatic hydroxyl groups is 1. The number of nitrogens with zero attached hydrogens (tertiary/aromatic N) is 2. The second kappa shape index (κ2) is 5.62. The average Bonchev–Trinajstić information content (AvgIpc) is 2.79. The van der Waals surface area contributed by atoms with Gasteiger partial charge in [-0.1, -0.05) is 46.3 Å². The number of fused-ring (bicyclic) bond motifs is 1. The van der Waals surface area contributed by atoms with E-state index in [2.05, 4.69) is 27.1 Å². The Morgan fingerprint density at radius 2 is 1.95 bits per heavy atom. The second-order valence-electron chi connectivity index (χ2n) is 5.26. The largest absolute Gasteiger partial charge is 0.388 e. The van der Waals surface area contributed by atoms with E-state index in [1.807, 2.05) is 55.1 Å². The van der Waals surface area contributed by atoms with Gasteiger partial charge < -0.3 is 5.11 Å². The van der Waals surface area contributed by atoms with Crippen LogP contribution in [0.4, 0.5) is 0 Å². The zero-order valence-electron chi connectivity index (χ0n) is 12.0. The average molecular weight is 345 g/mol. The first kappa shape index (κ1) is 14.3. The van der Waals surface area contributed by atoms with Gasteiger partial charge in [-0.3, -0.25) is 4.68 Å². The highest BCUT2D eigenvalue weighted by molar-refractivity contribution is 9.10. The summed E-state index contributed by atoms with van der Waals surface area (Å²) in [5.74, 6) is 0. The molecule has 4 heteroatoms. The van der Waals surface area contributed by atoms with Crippen LogP contribution in [0.2, 0.25) is 0 Å². The third kappa shape index (κ3) is 2.61. The summed E-state index contributed by atoms with van der Waals surface area (Å²) >= 11 is 3.51. The van der Waals surface area contributed by atoms with Gasteiger partial charge in [0, 0.05) is 23.3 Å². The van der Waals surface area contributed by atoms with Crippen LogP contribution in [0.25, 0.3) is 10.9 Å². The fraction of sp³-hybridized carbons (Fsp3) is 0.235. The van der Waals surface area contributed by atoms with Crippen LogP contribution in [0, 0.1) is 6.92 Å². The number of aromatic nitrogens is 2. The van der Waals surface area contributed by atoms with Gasteiger partial charge in [0.2, 0.25) is 0 Å². The molecule has 0 radical (unpaired) electrons. The molecule has 1 unspecified atom stereocenters. The van der Waals surface area contributed by atoms with Crippen molar-refractivity contribution in [3.63, 3.8) is 0 Å². The molecule has 1 heterocycles. The van der Waals surface area contributed by atoms with Gasteiger partial charge in [0.25, 0.3) is 0 Å². The predicted octanol–water partition coefficient (Wildman–Crippen LogP) is 3.92. The molecule has 0 saturated heterocycles. The number of para-hydroxylation sites is 1. The molecule has 0 bridgehead atoms. The Kier molecular flexibility index (Phi) is 3.83. The van der Waals surface area contributed by atoms with Crippen molar-refractivity contribution in [1.82, 2.24) is 9.78 Å². The minimum absolute atomic E-state index is 0.513. The number of rotatable bonds is 3. The quantitative estimate of drug-likeness (QED) is 0.781. The molecule has 1 atom stereocenters. The van der Waals surface area contributed by atoms with Crippen molar-refractivity contribution in [1.29, 1.82) is 0 Å². The smallest absolute Gasteiger partial charge is 0.0849 e. The zero-order valence-corrected chi connectivity index (χ0v) is 13.6. The minimum atomic E-state index is -0.555. The first-order valence-electron chi connectivity index (χ1n) is 6.91. The van der Waals surface area contributed by atoms with Crippen LogP contribution in [0.5, 0.6) is 0 Å². The number of halogens is 1.